The molecule has 6 rings (SSSR count). The molecule has 3 heterocycles. The number of benzene rings is 2. The van der Waals surface area contributed by atoms with Crippen molar-refractivity contribution in [3.63, 3.8) is 0 Å². The normalized spacial score (nSPS) is 14.5. The maximum atomic E-state index is 11.5. The van der Waals surface area contributed by atoms with E-state index in [-0.39, 0.29) is 0 Å². The van der Waals surface area contributed by atoms with Gasteiger partial charge in [-0.2, -0.15) is 10.2 Å². The number of ether oxygens (including phenoxy) is 1. The maximum absolute atomic E-state index is 11.5. The highest BCUT2D eigenvalue weighted by atomic mass is 35.5. The van der Waals surface area contributed by atoms with E-state index in [1.54, 1.807) is 15.4 Å². The highest BCUT2D eigenvalue weighted by Gasteiger charge is 2.42. The number of primary amides is 1. The van der Waals surface area contributed by atoms with Crippen molar-refractivity contribution >= 4 is 23.3 Å². The van der Waals surface area contributed by atoms with Crippen LogP contribution in [0.5, 0.6) is 0 Å². The van der Waals surface area contributed by atoms with Crippen LogP contribution in [0.25, 0.3) is 39.4 Å². The summed E-state index contributed by atoms with van der Waals surface area (Å²) in [4.78, 5) is 16.6. The second-order valence-electron chi connectivity index (χ2n) is 8.98. The largest absolute Gasteiger partial charge is 0.438 e. The summed E-state index contributed by atoms with van der Waals surface area (Å²) >= 11 is 6.50. The van der Waals surface area contributed by atoms with Crippen molar-refractivity contribution in [1.29, 1.82) is 0 Å². The molecule has 0 saturated heterocycles. The van der Waals surface area contributed by atoms with E-state index < -0.39 is 11.7 Å². The predicted octanol–water partition coefficient (Wildman–Crippen LogP) is 5.59. The van der Waals surface area contributed by atoms with Gasteiger partial charge in [0.25, 0.3) is 0 Å². The van der Waals surface area contributed by atoms with Crippen LogP contribution in [0.2, 0.25) is 5.15 Å². The van der Waals surface area contributed by atoms with Crippen LogP contribution in [-0.4, -0.2) is 30.5 Å². The van der Waals surface area contributed by atoms with Crippen molar-refractivity contribution in [2.24, 2.45) is 12.8 Å². The third-order valence-electron chi connectivity index (χ3n) is 6.84. The molecule has 1 aliphatic carbocycles. The summed E-state index contributed by atoms with van der Waals surface area (Å²) in [7, 11) is 1.88. The minimum atomic E-state index is -0.754. The van der Waals surface area contributed by atoms with E-state index in [9.17, 15) is 4.79 Å². The van der Waals surface area contributed by atoms with Gasteiger partial charge in [-0.1, -0.05) is 66.2 Å². The van der Waals surface area contributed by atoms with E-state index in [0.717, 1.165) is 58.6 Å². The zero-order valence-electron chi connectivity index (χ0n) is 19.6. The highest BCUT2D eigenvalue weighted by Crippen LogP contribution is 2.45. The molecule has 5 aromatic rings. The Morgan fingerprint density at radius 2 is 1.81 bits per heavy atom. The number of imidazole rings is 1. The molecule has 1 aliphatic rings. The van der Waals surface area contributed by atoms with Crippen LogP contribution in [0.1, 0.15) is 24.8 Å². The van der Waals surface area contributed by atoms with Crippen molar-refractivity contribution in [2.75, 3.05) is 0 Å². The lowest BCUT2D eigenvalue weighted by Crippen LogP contribution is -2.40. The summed E-state index contributed by atoms with van der Waals surface area (Å²) in [5, 5.41) is 9.29. The van der Waals surface area contributed by atoms with Crippen molar-refractivity contribution < 1.29 is 9.53 Å². The molecule has 1 fully saturated rings. The number of amides is 1. The van der Waals surface area contributed by atoms with Crippen LogP contribution in [0.4, 0.5) is 4.79 Å². The molecule has 9 heteroatoms. The van der Waals surface area contributed by atoms with Gasteiger partial charge in [-0.25, -0.2) is 14.3 Å². The Kier molecular flexibility index (Phi) is 5.26. The smallest absolute Gasteiger partial charge is 0.405 e. The Balaban J connectivity index is 1.55. The van der Waals surface area contributed by atoms with Gasteiger partial charge in [0.15, 0.2) is 10.8 Å². The molecule has 3 aromatic heterocycles. The van der Waals surface area contributed by atoms with Crippen LogP contribution in [-0.2, 0) is 17.4 Å². The van der Waals surface area contributed by atoms with Crippen molar-refractivity contribution in [3.05, 3.63) is 83.6 Å². The molecule has 2 N–H and O–H groups in total. The Morgan fingerprint density at radius 3 is 2.42 bits per heavy atom. The lowest BCUT2D eigenvalue weighted by atomic mass is 9.74. The molecule has 0 bridgehead atoms. The molecular formula is C27H23ClN6O2. The Labute approximate surface area is 212 Å². The van der Waals surface area contributed by atoms with Gasteiger partial charge in [-0.3, -0.25) is 4.68 Å². The number of rotatable bonds is 5. The second-order valence-corrected chi connectivity index (χ2v) is 9.36. The molecule has 1 saturated carbocycles. The number of halogens is 1. The minimum absolute atomic E-state index is 0.353. The molecule has 1 amide bonds. The number of hydrogen-bond donors (Lipinski definition) is 1. The van der Waals surface area contributed by atoms with Gasteiger partial charge < -0.3 is 10.5 Å². The molecule has 0 radical (unpaired) electrons. The fourth-order valence-corrected chi connectivity index (χ4v) is 5.13. The number of carbonyl (C=O) groups excluding carboxylic acids is 1. The average Bonchev–Trinajstić information content (AvgIpc) is 3.45. The first-order chi connectivity index (χ1) is 17.4. The summed E-state index contributed by atoms with van der Waals surface area (Å²) in [6.07, 6.45) is 3.50. The maximum Gasteiger partial charge on any atom is 0.405 e. The van der Waals surface area contributed by atoms with Crippen molar-refractivity contribution in [2.45, 2.75) is 24.9 Å². The number of fused-ring (bicyclic) bond motifs is 1. The molecule has 36 heavy (non-hydrogen) atoms. The van der Waals surface area contributed by atoms with Gasteiger partial charge in [0, 0.05) is 29.9 Å². The number of hydrogen-bond acceptors (Lipinski definition) is 5. The summed E-state index contributed by atoms with van der Waals surface area (Å²) < 4.78 is 9.10. The third-order valence-corrected chi connectivity index (χ3v) is 7.02. The van der Waals surface area contributed by atoms with Gasteiger partial charge in [-0.15, -0.1) is 0 Å². The molecule has 0 unspecified atom stereocenters. The fraction of sp³-hybridized carbons (Fsp3) is 0.185. The average molecular weight is 499 g/mol. The topological polar surface area (TPSA) is 100 Å². The Bertz CT molecular complexity index is 1590. The summed E-state index contributed by atoms with van der Waals surface area (Å²) in [6, 6.07) is 21.7. The highest BCUT2D eigenvalue weighted by molar-refractivity contribution is 6.29. The molecule has 8 nitrogen and oxygen atoms in total. The quantitative estimate of drug-likeness (QED) is 0.340. The summed E-state index contributed by atoms with van der Waals surface area (Å²) in [6.45, 7) is 0. The summed E-state index contributed by atoms with van der Waals surface area (Å²) in [5.74, 6) is 0. The van der Waals surface area contributed by atoms with Crippen LogP contribution < -0.4 is 5.73 Å². The molecular weight excluding hydrogens is 476 g/mol. The Hall–Kier alpha value is -4.17. The lowest BCUT2D eigenvalue weighted by molar-refractivity contribution is -0.0489. The number of nitrogens with two attached hydrogens (primary N) is 1. The van der Waals surface area contributed by atoms with E-state index in [4.69, 9.17) is 27.1 Å². The van der Waals surface area contributed by atoms with Crippen LogP contribution >= 0.6 is 11.6 Å². The third kappa shape index (κ3) is 3.61. The minimum Gasteiger partial charge on any atom is -0.438 e. The van der Waals surface area contributed by atoms with Crippen LogP contribution in [0.3, 0.4) is 0 Å². The van der Waals surface area contributed by atoms with Gasteiger partial charge in [-0.05, 0) is 37.0 Å². The van der Waals surface area contributed by atoms with Gasteiger partial charge >= 0.3 is 6.09 Å². The second kappa shape index (κ2) is 8.49. The number of carbonyl (C=O) groups is 1. The fourth-order valence-electron chi connectivity index (χ4n) is 4.95. The molecule has 0 atom stereocenters. The van der Waals surface area contributed by atoms with E-state index in [0.29, 0.717) is 10.8 Å². The first kappa shape index (κ1) is 22.3. The van der Waals surface area contributed by atoms with Gasteiger partial charge in [0.2, 0.25) is 0 Å². The lowest BCUT2D eigenvalue weighted by Gasteiger charge is -2.40. The molecule has 180 valence electrons. The SMILES string of the molecule is Cn1nccc1-c1cc(Cl)nn2c(-c3ccccc3)c(-c3ccc(C4(OC(N)=O)CCC4)cc3)nc12. The first-order valence-corrected chi connectivity index (χ1v) is 12.1. The molecule has 0 aliphatic heterocycles. The number of nitrogens with zero attached hydrogens (tertiary/aromatic N) is 5. The molecule has 0 spiro atoms. The van der Waals surface area contributed by atoms with Crippen molar-refractivity contribution in [1.82, 2.24) is 24.4 Å². The Morgan fingerprint density at radius 1 is 1.06 bits per heavy atom. The zero-order valence-corrected chi connectivity index (χ0v) is 20.3. The first-order valence-electron chi connectivity index (χ1n) is 11.7. The molecule has 2 aromatic carbocycles. The monoisotopic (exact) mass is 498 g/mol. The van der Waals surface area contributed by atoms with E-state index >= 15 is 0 Å². The number of aromatic nitrogens is 5. The van der Waals surface area contributed by atoms with E-state index in [1.165, 1.54) is 0 Å². The number of aryl methyl sites for hydroxylation is 1. The van der Waals surface area contributed by atoms with E-state index in [1.807, 2.05) is 73.8 Å². The van der Waals surface area contributed by atoms with E-state index in [2.05, 4.69) is 10.2 Å². The van der Waals surface area contributed by atoms with Crippen LogP contribution in [0.15, 0.2) is 72.9 Å². The predicted molar refractivity (Wildman–Crippen MR) is 137 cm³/mol. The van der Waals surface area contributed by atoms with Gasteiger partial charge in [0.1, 0.15) is 11.3 Å². The van der Waals surface area contributed by atoms with Crippen LogP contribution in [0, 0.1) is 0 Å². The van der Waals surface area contributed by atoms with Gasteiger partial charge in [0.05, 0.1) is 11.4 Å². The zero-order chi connectivity index (χ0) is 24.9. The van der Waals surface area contributed by atoms with Crippen molar-refractivity contribution in [3.8, 4) is 33.8 Å². The summed E-state index contributed by atoms with van der Waals surface area (Å²) in [5.41, 5.74) is 11.5. The standard InChI is InChI=1S/C27H23ClN6O2/c1-33-21(12-15-30-33)20-16-22(28)32-34-24(18-6-3-2-4-7-18)23(31-25(20)34)17-8-10-19(11-9-17)27(13-5-14-27)36-26(29)35/h2-4,6-12,15-16H,5,13-14H2,1H3,(H2,29,35).